The van der Waals surface area contributed by atoms with E-state index in [1.165, 1.54) is 30.9 Å². The normalized spacial score (nSPS) is 15.0. The van der Waals surface area contributed by atoms with Gasteiger partial charge in [-0.25, -0.2) is 0 Å². The van der Waals surface area contributed by atoms with Crippen molar-refractivity contribution in [2.45, 2.75) is 11.2 Å². The Morgan fingerprint density at radius 1 is 1.17 bits per heavy atom. The number of nitrogens with one attached hydrogen (secondary N) is 1. The average molecular weight is 433 g/mol. The first-order valence-corrected chi connectivity index (χ1v) is 10.1. The smallest absolute Gasteiger partial charge is 0.265 e. The molecule has 8 heteroatoms. The molecule has 29 heavy (non-hydrogen) atoms. The van der Waals surface area contributed by atoms with Gasteiger partial charge in [-0.2, -0.15) is 0 Å². The summed E-state index contributed by atoms with van der Waals surface area (Å²) in [6, 6.07) is 14.8. The largest absolute Gasteiger partial charge is 0.354 e. The minimum atomic E-state index is -0.547. The lowest BCUT2D eigenvalue weighted by molar-refractivity contribution is -0.127. The summed E-state index contributed by atoms with van der Waals surface area (Å²) < 4.78 is 10.1. The van der Waals surface area contributed by atoms with E-state index in [9.17, 15) is 9.59 Å². The second-order valence-corrected chi connectivity index (χ2v) is 7.69. The minimum Gasteiger partial charge on any atom is -0.354 e. The average Bonchev–Trinajstić information content (AvgIpc) is 2.73. The Morgan fingerprint density at radius 3 is 2.59 bits per heavy atom. The number of ether oxygens (including phenoxy) is 2. The van der Waals surface area contributed by atoms with Crippen molar-refractivity contribution in [1.29, 1.82) is 0 Å². The number of methoxy groups -OCH3 is 2. The van der Waals surface area contributed by atoms with Crippen LogP contribution in [0.2, 0.25) is 5.02 Å². The Hall–Kier alpha value is -2.32. The predicted octanol–water partition coefficient (Wildman–Crippen LogP) is 3.55. The fourth-order valence-electron chi connectivity index (χ4n) is 2.81. The summed E-state index contributed by atoms with van der Waals surface area (Å²) >= 11 is 7.61. The molecule has 6 nitrogen and oxygen atoms in total. The van der Waals surface area contributed by atoms with Gasteiger partial charge in [-0.1, -0.05) is 53.7 Å². The summed E-state index contributed by atoms with van der Waals surface area (Å²) in [7, 11) is 2.99. The molecule has 0 fully saturated rings. The number of carbonyl (C=O) groups is 2. The summed E-state index contributed by atoms with van der Waals surface area (Å²) in [4.78, 5) is 28.5. The van der Waals surface area contributed by atoms with Crippen molar-refractivity contribution in [2.24, 2.45) is 0 Å². The summed E-state index contributed by atoms with van der Waals surface area (Å²) in [5.74, 6) is -0.560. The van der Waals surface area contributed by atoms with Crippen LogP contribution in [0.5, 0.6) is 0 Å². The second kappa shape index (κ2) is 9.93. The highest BCUT2D eigenvalue weighted by Crippen LogP contribution is 2.42. The van der Waals surface area contributed by atoms with Crippen molar-refractivity contribution in [3.05, 3.63) is 64.0 Å². The maximum atomic E-state index is 13.2. The van der Waals surface area contributed by atoms with Gasteiger partial charge in [0.05, 0.1) is 17.1 Å². The molecule has 1 N–H and O–H groups in total. The number of para-hydroxylation sites is 1. The SMILES string of the molecule is COC(CNC(=O)CN1C(=O)C(=Cc2ccccc2Cl)Sc2ccccc21)OC. The highest BCUT2D eigenvalue weighted by molar-refractivity contribution is 8.04. The molecule has 2 aromatic carbocycles. The zero-order valence-electron chi connectivity index (χ0n) is 16.1. The van der Waals surface area contributed by atoms with Gasteiger partial charge in [0.1, 0.15) is 6.54 Å². The maximum Gasteiger partial charge on any atom is 0.265 e. The number of thioether (sulfide) groups is 1. The number of fused-ring (bicyclic) bond motifs is 1. The Bertz CT molecular complexity index is 930. The van der Waals surface area contributed by atoms with Gasteiger partial charge in [-0.05, 0) is 29.8 Å². The molecule has 0 bridgehead atoms. The van der Waals surface area contributed by atoms with Crippen molar-refractivity contribution in [3.8, 4) is 0 Å². The van der Waals surface area contributed by atoms with Gasteiger partial charge in [0.2, 0.25) is 5.91 Å². The number of amides is 2. The third kappa shape index (κ3) is 5.19. The summed E-state index contributed by atoms with van der Waals surface area (Å²) in [5.41, 5.74) is 1.45. The summed E-state index contributed by atoms with van der Waals surface area (Å²) in [6.07, 6.45) is 1.21. The van der Waals surface area contributed by atoms with Gasteiger partial charge in [0.25, 0.3) is 5.91 Å². The van der Waals surface area contributed by atoms with E-state index in [1.807, 2.05) is 42.5 Å². The van der Waals surface area contributed by atoms with E-state index in [0.29, 0.717) is 15.6 Å². The van der Waals surface area contributed by atoms with Gasteiger partial charge in [0, 0.05) is 24.1 Å². The molecular weight excluding hydrogens is 412 g/mol. The highest BCUT2D eigenvalue weighted by atomic mass is 35.5. The molecule has 1 aliphatic heterocycles. The number of anilines is 1. The van der Waals surface area contributed by atoms with E-state index in [-0.39, 0.29) is 24.9 Å². The number of benzene rings is 2. The molecule has 0 aromatic heterocycles. The molecule has 0 saturated heterocycles. The van der Waals surface area contributed by atoms with Gasteiger partial charge < -0.3 is 14.8 Å². The number of hydrogen-bond acceptors (Lipinski definition) is 5. The first-order chi connectivity index (χ1) is 14.0. The molecule has 1 heterocycles. The van der Waals surface area contributed by atoms with Gasteiger partial charge >= 0.3 is 0 Å². The Morgan fingerprint density at radius 2 is 1.86 bits per heavy atom. The molecule has 0 unspecified atom stereocenters. The third-order valence-electron chi connectivity index (χ3n) is 4.32. The van der Waals surface area contributed by atoms with E-state index < -0.39 is 6.29 Å². The van der Waals surface area contributed by atoms with Crippen LogP contribution in [0.15, 0.2) is 58.3 Å². The van der Waals surface area contributed by atoms with Crippen LogP contribution in [0.3, 0.4) is 0 Å². The van der Waals surface area contributed by atoms with Crippen LogP contribution in [-0.2, 0) is 19.1 Å². The molecule has 152 valence electrons. The zero-order valence-corrected chi connectivity index (χ0v) is 17.6. The highest BCUT2D eigenvalue weighted by Gasteiger charge is 2.30. The van der Waals surface area contributed by atoms with Gasteiger partial charge in [-0.15, -0.1) is 0 Å². The van der Waals surface area contributed by atoms with Crippen molar-refractivity contribution >= 4 is 46.9 Å². The molecule has 0 saturated carbocycles. The molecule has 0 aliphatic carbocycles. The van der Waals surface area contributed by atoms with Crippen LogP contribution in [-0.4, -0.2) is 45.4 Å². The molecule has 0 spiro atoms. The number of nitrogens with zero attached hydrogens (tertiary/aromatic N) is 1. The lowest BCUT2D eigenvalue weighted by atomic mass is 10.2. The molecular formula is C21H21ClN2O4S. The van der Waals surface area contributed by atoms with E-state index in [2.05, 4.69) is 5.32 Å². The monoisotopic (exact) mass is 432 g/mol. The predicted molar refractivity (Wildman–Crippen MR) is 115 cm³/mol. The van der Waals surface area contributed by atoms with Crippen LogP contribution in [0, 0.1) is 0 Å². The standard InChI is InChI=1S/C21H21ClN2O4S/c1-27-20(28-2)12-23-19(25)13-24-16-9-5-6-10-17(16)29-18(21(24)26)11-14-7-3-4-8-15(14)22/h3-11,20H,12-13H2,1-2H3,(H,23,25). The summed E-state index contributed by atoms with van der Waals surface area (Å²) in [5, 5.41) is 3.28. The van der Waals surface area contributed by atoms with Gasteiger partial charge in [0.15, 0.2) is 6.29 Å². The van der Waals surface area contributed by atoms with Crippen LogP contribution in [0.25, 0.3) is 6.08 Å². The van der Waals surface area contributed by atoms with Crippen molar-refractivity contribution < 1.29 is 19.1 Å². The second-order valence-electron chi connectivity index (χ2n) is 6.20. The maximum absolute atomic E-state index is 13.2. The van der Waals surface area contributed by atoms with Crippen LogP contribution in [0.4, 0.5) is 5.69 Å². The fourth-order valence-corrected chi connectivity index (χ4v) is 4.05. The molecule has 3 rings (SSSR count). The van der Waals surface area contributed by atoms with Gasteiger partial charge in [-0.3, -0.25) is 14.5 Å². The molecule has 1 aliphatic rings. The van der Waals surface area contributed by atoms with Crippen LogP contribution < -0.4 is 10.2 Å². The van der Waals surface area contributed by atoms with E-state index in [0.717, 1.165) is 10.5 Å². The molecule has 0 atom stereocenters. The van der Waals surface area contributed by atoms with Crippen molar-refractivity contribution in [3.63, 3.8) is 0 Å². The van der Waals surface area contributed by atoms with Crippen LogP contribution >= 0.6 is 23.4 Å². The van der Waals surface area contributed by atoms with E-state index >= 15 is 0 Å². The number of halogens is 1. The number of rotatable bonds is 7. The zero-order chi connectivity index (χ0) is 20.8. The lowest BCUT2D eigenvalue weighted by Crippen LogP contribution is -2.44. The van der Waals surface area contributed by atoms with Crippen molar-refractivity contribution in [2.75, 3.05) is 32.2 Å². The Balaban J connectivity index is 1.84. The Kier molecular flexibility index (Phi) is 7.33. The first kappa shape index (κ1) is 21.4. The Labute approximate surface area is 178 Å². The first-order valence-electron chi connectivity index (χ1n) is 8.90. The van der Waals surface area contributed by atoms with E-state index in [1.54, 1.807) is 12.1 Å². The lowest BCUT2D eigenvalue weighted by Gasteiger charge is -2.30. The molecule has 2 amide bonds. The van der Waals surface area contributed by atoms with Crippen LogP contribution in [0.1, 0.15) is 5.56 Å². The quantitative estimate of drug-likeness (QED) is 0.535. The molecule has 0 radical (unpaired) electrons. The van der Waals surface area contributed by atoms with E-state index in [4.69, 9.17) is 21.1 Å². The number of hydrogen-bond donors (Lipinski definition) is 1. The summed E-state index contributed by atoms with van der Waals surface area (Å²) in [6.45, 7) is 0.0724. The minimum absolute atomic E-state index is 0.115. The number of carbonyl (C=O) groups excluding carboxylic acids is 2. The van der Waals surface area contributed by atoms with Crippen molar-refractivity contribution in [1.82, 2.24) is 5.32 Å². The third-order valence-corrected chi connectivity index (χ3v) is 5.74. The topological polar surface area (TPSA) is 67.9 Å². The fraction of sp³-hybridized carbons (Fsp3) is 0.238. The molecule has 2 aromatic rings.